The summed E-state index contributed by atoms with van der Waals surface area (Å²) in [5, 5.41) is 68.0. The lowest BCUT2D eigenvalue weighted by Gasteiger charge is -2.46. The van der Waals surface area contributed by atoms with Crippen LogP contribution in [-0.2, 0) is 48.0 Å². The van der Waals surface area contributed by atoms with Gasteiger partial charge in [-0.2, -0.15) is 0 Å². The summed E-state index contributed by atoms with van der Waals surface area (Å²) in [7, 11) is -0.849. The zero-order valence-corrected chi connectivity index (χ0v) is 28.7. The first-order valence-corrected chi connectivity index (χ1v) is 18.9. The van der Waals surface area contributed by atoms with Crippen molar-refractivity contribution in [2.45, 2.75) is 106 Å². The van der Waals surface area contributed by atoms with E-state index in [1.54, 1.807) is 51.5 Å². The molecule has 1 aromatic carbocycles. The van der Waals surface area contributed by atoms with E-state index in [4.69, 9.17) is 18.9 Å². The normalized spacial score (nSPS) is 31.3. The van der Waals surface area contributed by atoms with Gasteiger partial charge in [-0.05, 0) is 24.1 Å². The van der Waals surface area contributed by atoms with Crippen molar-refractivity contribution < 1.29 is 62.6 Å². The SMILES string of the molecule is CCCn1cc(CO[C@@H]2OC(CO)[C@@H](O[C@@H]3O[C@@H](CO)[C@H](O)C(O)C3O)[C@H](O)C2C)nn1.CCSSCc1ccc(S(=O)(=O)[O-])cc1. The summed E-state index contributed by atoms with van der Waals surface area (Å²) in [6.45, 7) is 5.43. The topological polar surface area (TPSA) is 246 Å². The van der Waals surface area contributed by atoms with Gasteiger partial charge >= 0.3 is 0 Å². The van der Waals surface area contributed by atoms with Crippen LogP contribution < -0.4 is 0 Å². The molecule has 2 saturated heterocycles. The van der Waals surface area contributed by atoms with Crippen molar-refractivity contribution in [1.82, 2.24) is 15.0 Å². The van der Waals surface area contributed by atoms with Gasteiger partial charge in [0.1, 0.15) is 52.4 Å². The molecule has 10 atom stereocenters. The summed E-state index contributed by atoms with van der Waals surface area (Å²) in [4.78, 5) is -0.167. The van der Waals surface area contributed by atoms with Crippen molar-refractivity contribution in [2.75, 3.05) is 19.0 Å². The molecule has 2 fully saturated rings. The number of rotatable bonds is 14. The fraction of sp³-hybridized carbons (Fsp3) is 0.714. The average molecular weight is 727 g/mol. The van der Waals surface area contributed by atoms with Gasteiger partial charge in [-0.1, -0.05) is 59.7 Å². The molecule has 2 aliphatic rings. The molecule has 3 heterocycles. The van der Waals surface area contributed by atoms with Gasteiger partial charge in [-0.15, -0.1) is 5.10 Å². The van der Waals surface area contributed by atoms with Crippen LogP contribution in [0, 0.1) is 5.92 Å². The number of nitrogens with zero attached hydrogens (tertiary/aromatic N) is 3. The molecule has 0 amide bonds. The Hall–Kier alpha value is -1.43. The quantitative estimate of drug-likeness (QED) is 0.0823. The number of hydrogen-bond acceptors (Lipinski definition) is 17. The predicted octanol–water partition coefficient (Wildman–Crippen LogP) is -0.404. The van der Waals surface area contributed by atoms with Crippen molar-refractivity contribution in [3.63, 3.8) is 0 Å². The molecule has 47 heavy (non-hydrogen) atoms. The Morgan fingerprint density at radius 1 is 0.936 bits per heavy atom. The Bertz CT molecular complexity index is 1300. The first-order valence-electron chi connectivity index (χ1n) is 15.0. The van der Waals surface area contributed by atoms with E-state index in [1.807, 2.05) is 6.92 Å². The fourth-order valence-electron chi connectivity index (χ4n) is 4.75. The van der Waals surface area contributed by atoms with Crippen LogP contribution in [0.2, 0.25) is 0 Å². The summed E-state index contributed by atoms with van der Waals surface area (Å²) in [5.41, 5.74) is 1.61. The van der Waals surface area contributed by atoms with Gasteiger partial charge in [0.2, 0.25) is 0 Å². The van der Waals surface area contributed by atoms with Gasteiger partial charge in [0.15, 0.2) is 12.6 Å². The van der Waals surface area contributed by atoms with E-state index < -0.39 is 84.6 Å². The first-order chi connectivity index (χ1) is 22.3. The molecule has 19 heteroatoms. The third kappa shape index (κ3) is 11.3. The molecular formula is C28H44N3O13S3-. The molecule has 0 saturated carbocycles. The number of aliphatic hydroxyl groups excluding tert-OH is 6. The van der Waals surface area contributed by atoms with Crippen LogP contribution in [0.1, 0.15) is 38.4 Å². The van der Waals surface area contributed by atoms with Gasteiger partial charge in [-0.3, -0.25) is 4.68 Å². The van der Waals surface area contributed by atoms with E-state index in [0.717, 1.165) is 30.0 Å². The monoisotopic (exact) mass is 726 g/mol. The molecule has 2 aliphatic heterocycles. The van der Waals surface area contributed by atoms with E-state index in [1.165, 1.54) is 12.1 Å². The number of hydrogen-bond donors (Lipinski definition) is 6. The predicted molar refractivity (Wildman–Crippen MR) is 168 cm³/mol. The lowest BCUT2D eigenvalue weighted by molar-refractivity contribution is -0.354. The third-order valence-corrected chi connectivity index (χ3v) is 10.6. The highest BCUT2D eigenvalue weighted by molar-refractivity contribution is 8.76. The second kappa shape index (κ2) is 19.1. The Morgan fingerprint density at radius 2 is 1.60 bits per heavy atom. The van der Waals surface area contributed by atoms with Crippen LogP contribution in [0.4, 0.5) is 0 Å². The molecule has 0 bridgehead atoms. The standard InChI is InChI=1S/C19H33N3O10.C9H12O3S3/c1-3-4-22-5-10(20-21-22)8-29-18-9(2)13(25)17(12(7-24)31-18)32-19-16(28)15(27)14(26)11(6-23)30-19;1-2-13-14-7-8-3-5-9(6-4-8)15(10,11)12/h5,9,11-19,23-28H,3-4,6-8H2,1-2H3;3-6H,2,7H2,1H3,(H,10,11,12)/p-1/t9?,11-,12?,13+,14-,15?,16?,17+,18+,19-;/m0./s1. The van der Waals surface area contributed by atoms with E-state index in [9.17, 15) is 43.6 Å². The minimum Gasteiger partial charge on any atom is -0.744 e. The second-order valence-electron chi connectivity index (χ2n) is 10.9. The Labute approximate surface area is 281 Å². The number of benzene rings is 1. The minimum atomic E-state index is -4.31. The van der Waals surface area contributed by atoms with E-state index >= 15 is 0 Å². The van der Waals surface area contributed by atoms with Crippen LogP contribution >= 0.6 is 21.6 Å². The van der Waals surface area contributed by atoms with Gasteiger partial charge in [0, 0.05) is 24.0 Å². The highest BCUT2D eigenvalue weighted by atomic mass is 33.1. The molecule has 2 aromatic rings. The van der Waals surface area contributed by atoms with Crippen molar-refractivity contribution in [3.8, 4) is 0 Å². The van der Waals surface area contributed by atoms with Gasteiger partial charge in [0.25, 0.3) is 0 Å². The zero-order valence-electron chi connectivity index (χ0n) is 26.2. The summed E-state index contributed by atoms with van der Waals surface area (Å²) in [5.74, 6) is 1.26. The van der Waals surface area contributed by atoms with Gasteiger partial charge in [0.05, 0.1) is 37.0 Å². The summed E-state index contributed by atoms with van der Waals surface area (Å²) in [6, 6.07) is 6.06. The molecule has 16 nitrogen and oxygen atoms in total. The molecule has 6 N–H and O–H groups in total. The van der Waals surface area contributed by atoms with Crippen LogP contribution in [0.3, 0.4) is 0 Å². The highest BCUT2D eigenvalue weighted by Gasteiger charge is 2.50. The molecule has 4 rings (SSSR count). The molecule has 4 unspecified atom stereocenters. The molecule has 0 radical (unpaired) electrons. The first kappa shape index (κ1) is 40.0. The van der Waals surface area contributed by atoms with Gasteiger partial charge in [-0.25, -0.2) is 8.42 Å². The maximum absolute atomic E-state index is 10.8. The van der Waals surface area contributed by atoms with E-state index in [-0.39, 0.29) is 11.5 Å². The van der Waals surface area contributed by atoms with Gasteiger partial charge < -0.3 is 54.1 Å². The lowest BCUT2D eigenvalue weighted by Crippen LogP contribution is -2.63. The van der Waals surface area contributed by atoms with Crippen molar-refractivity contribution in [3.05, 3.63) is 41.7 Å². The van der Waals surface area contributed by atoms with Crippen LogP contribution in [0.15, 0.2) is 35.4 Å². The van der Waals surface area contributed by atoms with E-state index in [0.29, 0.717) is 5.69 Å². The summed E-state index contributed by atoms with van der Waals surface area (Å²) >= 11 is 0. The summed E-state index contributed by atoms with van der Waals surface area (Å²) < 4.78 is 56.1. The molecule has 1 aromatic heterocycles. The average Bonchev–Trinajstić information content (AvgIpc) is 3.50. The number of ether oxygens (including phenoxy) is 4. The van der Waals surface area contributed by atoms with Crippen molar-refractivity contribution >= 4 is 31.7 Å². The second-order valence-corrected chi connectivity index (χ2v) is 15.1. The maximum atomic E-state index is 10.8. The third-order valence-electron chi connectivity index (χ3n) is 7.37. The lowest BCUT2D eigenvalue weighted by atomic mass is 9.92. The Kier molecular flexibility index (Phi) is 16.3. The number of aryl methyl sites for hydroxylation is 1. The largest absolute Gasteiger partial charge is 0.744 e. The minimum absolute atomic E-state index is 0.0851. The van der Waals surface area contributed by atoms with Crippen molar-refractivity contribution in [1.29, 1.82) is 0 Å². The van der Waals surface area contributed by atoms with Crippen LogP contribution in [0.25, 0.3) is 0 Å². The van der Waals surface area contributed by atoms with Crippen molar-refractivity contribution in [2.24, 2.45) is 5.92 Å². The van der Waals surface area contributed by atoms with Crippen LogP contribution in [-0.4, -0.2) is 133 Å². The van der Waals surface area contributed by atoms with Crippen LogP contribution in [0.5, 0.6) is 0 Å². The Morgan fingerprint density at radius 3 is 2.19 bits per heavy atom. The zero-order chi connectivity index (χ0) is 34.7. The Balaban J connectivity index is 0.000000335. The van der Waals surface area contributed by atoms with E-state index in [2.05, 4.69) is 17.2 Å². The highest BCUT2D eigenvalue weighted by Crippen LogP contribution is 2.32. The maximum Gasteiger partial charge on any atom is 0.187 e. The summed E-state index contributed by atoms with van der Waals surface area (Å²) in [6.07, 6.45) is -9.03. The molecule has 268 valence electrons. The number of aliphatic hydroxyl groups is 6. The fourth-order valence-corrected chi connectivity index (χ4v) is 6.96. The molecular weight excluding hydrogens is 683 g/mol. The molecule has 0 spiro atoms. The number of aromatic nitrogens is 3. The molecule has 0 aliphatic carbocycles. The smallest absolute Gasteiger partial charge is 0.187 e.